The van der Waals surface area contributed by atoms with Gasteiger partial charge < -0.3 is 4.74 Å². The number of para-hydroxylation sites is 1. The molecule has 0 spiro atoms. The topological polar surface area (TPSA) is 78.2 Å². The third-order valence-corrected chi connectivity index (χ3v) is 2.13. The van der Waals surface area contributed by atoms with Gasteiger partial charge in [0.15, 0.2) is 11.6 Å². The van der Waals surface area contributed by atoms with Crippen molar-refractivity contribution in [3.63, 3.8) is 0 Å². The Bertz CT molecular complexity index is 609. The second kappa shape index (κ2) is 4.92. The van der Waals surface area contributed by atoms with Crippen LogP contribution in [0.2, 0.25) is 5.28 Å². The molecule has 0 fully saturated rings. The van der Waals surface area contributed by atoms with Crippen LogP contribution in [0.25, 0.3) is 0 Å². The van der Waals surface area contributed by atoms with E-state index < -0.39 is 22.3 Å². The Morgan fingerprint density at radius 1 is 1.39 bits per heavy atom. The Hall–Kier alpha value is -2.28. The van der Waals surface area contributed by atoms with Gasteiger partial charge in [0.05, 0.1) is 4.92 Å². The predicted molar refractivity (Wildman–Crippen MR) is 60.2 cm³/mol. The molecule has 0 amide bonds. The van der Waals surface area contributed by atoms with Gasteiger partial charge in [0.1, 0.15) is 6.20 Å². The lowest BCUT2D eigenvalue weighted by atomic mass is 10.3. The van der Waals surface area contributed by atoms with E-state index in [1.807, 2.05) is 0 Å². The highest BCUT2D eigenvalue weighted by molar-refractivity contribution is 6.28. The molecule has 0 radical (unpaired) electrons. The summed E-state index contributed by atoms with van der Waals surface area (Å²) < 4.78 is 18.4. The Morgan fingerprint density at radius 3 is 2.78 bits per heavy atom. The molecule has 0 bridgehead atoms. The average Bonchev–Trinajstić information content (AvgIpc) is 2.32. The van der Waals surface area contributed by atoms with Crippen LogP contribution in [0.15, 0.2) is 30.5 Å². The number of halogens is 2. The van der Waals surface area contributed by atoms with Crippen LogP contribution in [0.3, 0.4) is 0 Å². The fraction of sp³-hybridized carbons (Fsp3) is 0. The van der Waals surface area contributed by atoms with Crippen molar-refractivity contribution in [3.8, 4) is 11.6 Å². The van der Waals surface area contributed by atoms with E-state index in [9.17, 15) is 14.5 Å². The number of nitrogens with zero attached hydrogens (tertiary/aromatic N) is 3. The summed E-state index contributed by atoms with van der Waals surface area (Å²) in [6.45, 7) is 0. The number of nitro groups is 1. The molecule has 1 heterocycles. The second-order valence-electron chi connectivity index (χ2n) is 3.12. The largest absolute Gasteiger partial charge is 0.430 e. The Balaban J connectivity index is 2.42. The molecule has 1 aromatic heterocycles. The average molecular weight is 270 g/mol. The van der Waals surface area contributed by atoms with E-state index in [4.69, 9.17) is 16.3 Å². The van der Waals surface area contributed by atoms with E-state index in [1.54, 1.807) is 0 Å². The molecule has 0 saturated carbocycles. The molecule has 6 nitrogen and oxygen atoms in total. The number of hydrogen-bond donors (Lipinski definition) is 0. The molecule has 18 heavy (non-hydrogen) atoms. The normalized spacial score (nSPS) is 10.1. The van der Waals surface area contributed by atoms with Crippen LogP contribution < -0.4 is 4.74 Å². The molecule has 0 aliphatic carbocycles. The Morgan fingerprint density at radius 2 is 2.11 bits per heavy atom. The second-order valence-corrected chi connectivity index (χ2v) is 3.46. The third kappa shape index (κ3) is 2.51. The number of aromatic nitrogens is 2. The first-order valence-electron chi connectivity index (χ1n) is 4.67. The van der Waals surface area contributed by atoms with Gasteiger partial charge >= 0.3 is 11.6 Å². The van der Waals surface area contributed by atoms with Crippen molar-refractivity contribution < 1.29 is 14.1 Å². The minimum absolute atomic E-state index is 0.185. The zero-order valence-corrected chi connectivity index (χ0v) is 9.46. The van der Waals surface area contributed by atoms with E-state index in [0.717, 1.165) is 12.3 Å². The molecule has 0 N–H and O–H groups in total. The fourth-order valence-corrected chi connectivity index (χ4v) is 1.30. The maximum absolute atomic E-state index is 13.3. The molecule has 0 aliphatic heterocycles. The molecule has 92 valence electrons. The summed E-state index contributed by atoms with van der Waals surface area (Å²) in [5, 5.41) is 10.5. The van der Waals surface area contributed by atoms with Crippen LogP contribution in [0.4, 0.5) is 10.1 Å². The first kappa shape index (κ1) is 12.2. The first-order chi connectivity index (χ1) is 8.58. The zero-order chi connectivity index (χ0) is 13.1. The molecular formula is C10H5ClFN3O3. The van der Waals surface area contributed by atoms with Crippen molar-refractivity contribution in [1.82, 2.24) is 9.97 Å². The maximum Gasteiger partial charge on any atom is 0.349 e. The van der Waals surface area contributed by atoms with Crippen LogP contribution in [-0.4, -0.2) is 14.9 Å². The highest BCUT2D eigenvalue weighted by atomic mass is 35.5. The highest BCUT2D eigenvalue weighted by Gasteiger charge is 2.20. The SMILES string of the molecule is O=[N+]([O-])c1cnc(Cl)nc1Oc1ccccc1F. The number of hydrogen-bond acceptors (Lipinski definition) is 5. The van der Waals surface area contributed by atoms with Crippen molar-refractivity contribution in [2.24, 2.45) is 0 Å². The standard InChI is InChI=1S/C10H5ClFN3O3/c11-10-13-5-7(15(16)17)9(14-10)18-8-4-2-1-3-6(8)12/h1-5H. The van der Waals surface area contributed by atoms with E-state index in [0.29, 0.717) is 0 Å². The van der Waals surface area contributed by atoms with E-state index in [1.165, 1.54) is 18.2 Å². The quantitative estimate of drug-likeness (QED) is 0.486. The van der Waals surface area contributed by atoms with Gasteiger partial charge in [0, 0.05) is 0 Å². The van der Waals surface area contributed by atoms with Crippen LogP contribution >= 0.6 is 11.6 Å². The molecular weight excluding hydrogens is 265 g/mol. The van der Waals surface area contributed by atoms with Crippen LogP contribution in [0.5, 0.6) is 11.6 Å². The molecule has 2 rings (SSSR count). The van der Waals surface area contributed by atoms with Crippen molar-refractivity contribution in [3.05, 3.63) is 51.7 Å². The number of ether oxygens (including phenoxy) is 1. The summed E-state index contributed by atoms with van der Waals surface area (Å²) in [5.74, 6) is -1.26. The monoisotopic (exact) mass is 269 g/mol. The minimum Gasteiger partial charge on any atom is -0.430 e. The van der Waals surface area contributed by atoms with Gasteiger partial charge in [-0.3, -0.25) is 10.1 Å². The van der Waals surface area contributed by atoms with Crippen molar-refractivity contribution in [2.45, 2.75) is 0 Å². The molecule has 8 heteroatoms. The van der Waals surface area contributed by atoms with Crippen molar-refractivity contribution >= 4 is 17.3 Å². The van der Waals surface area contributed by atoms with Crippen LogP contribution in [0, 0.1) is 15.9 Å². The van der Waals surface area contributed by atoms with Crippen molar-refractivity contribution in [2.75, 3.05) is 0 Å². The van der Waals surface area contributed by atoms with E-state index >= 15 is 0 Å². The molecule has 0 aliphatic rings. The van der Waals surface area contributed by atoms with Crippen molar-refractivity contribution in [1.29, 1.82) is 0 Å². The first-order valence-corrected chi connectivity index (χ1v) is 5.05. The summed E-state index contributed by atoms with van der Waals surface area (Å²) in [5.41, 5.74) is -0.498. The van der Waals surface area contributed by atoms with Crippen LogP contribution in [-0.2, 0) is 0 Å². The van der Waals surface area contributed by atoms with Crippen LogP contribution in [0.1, 0.15) is 0 Å². The number of rotatable bonds is 3. The molecule has 1 aromatic carbocycles. The summed E-state index contributed by atoms with van der Waals surface area (Å²) in [6, 6.07) is 5.45. The van der Waals surface area contributed by atoms with Gasteiger partial charge in [0.25, 0.3) is 0 Å². The Kier molecular flexibility index (Phi) is 3.33. The highest BCUT2D eigenvalue weighted by Crippen LogP contribution is 2.30. The Labute approximate surface area is 105 Å². The third-order valence-electron chi connectivity index (χ3n) is 1.95. The van der Waals surface area contributed by atoms with E-state index in [2.05, 4.69) is 9.97 Å². The predicted octanol–water partition coefficient (Wildman–Crippen LogP) is 2.97. The van der Waals surface area contributed by atoms with Gasteiger partial charge in [-0.2, -0.15) is 4.98 Å². The zero-order valence-electron chi connectivity index (χ0n) is 8.71. The maximum atomic E-state index is 13.3. The molecule has 0 atom stereocenters. The molecule has 0 saturated heterocycles. The van der Waals surface area contributed by atoms with Gasteiger partial charge in [-0.05, 0) is 23.7 Å². The van der Waals surface area contributed by atoms with Gasteiger partial charge in [-0.25, -0.2) is 9.37 Å². The summed E-state index contributed by atoms with van der Waals surface area (Å²) in [4.78, 5) is 17.0. The van der Waals surface area contributed by atoms with E-state index in [-0.39, 0.29) is 11.0 Å². The lowest BCUT2D eigenvalue weighted by molar-refractivity contribution is -0.386. The summed E-state index contributed by atoms with van der Waals surface area (Å²) >= 11 is 5.51. The lowest BCUT2D eigenvalue weighted by Crippen LogP contribution is -1.98. The summed E-state index contributed by atoms with van der Waals surface area (Å²) in [6.07, 6.45) is 0.894. The molecule has 0 unspecified atom stereocenters. The van der Waals surface area contributed by atoms with Gasteiger partial charge in [-0.15, -0.1) is 0 Å². The van der Waals surface area contributed by atoms with Gasteiger partial charge in [0.2, 0.25) is 5.28 Å². The molecule has 2 aromatic rings. The minimum atomic E-state index is -0.744. The number of benzene rings is 1. The smallest absolute Gasteiger partial charge is 0.349 e. The lowest BCUT2D eigenvalue weighted by Gasteiger charge is -2.05. The summed E-state index contributed by atoms with van der Waals surface area (Å²) in [7, 11) is 0. The fourth-order valence-electron chi connectivity index (χ4n) is 1.17. The van der Waals surface area contributed by atoms with Gasteiger partial charge in [-0.1, -0.05) is 12.1 Å².